The molecule has 2 N–H and O–H groups in total. The van der Waals surface area contributed by atoms with Gasteiger partial charge in [0.2, 0.25) is 0 Å². The van der Waals surface area contributed by atoms with E-state index in [1.807, 2.05) is 0 Å². The summed E-state index contributed by atoms with van der Waals surface area (Å²) in [5.41, 5.74) is 4.50. The first-order chi connectivity index (χ1) is 5.11. The summed E-state index contributed by atoms with van der Waals surface area (Å²) in [5.74, 6) is -1.28. The molecular weight excluding hydrogens is 157 g/mol. The number of anilines is 1. The van der Waals surface area contributed by atoms with Gasteiger partial charge in [-0.15, -0.1) is 0 Å². The Kier molecular flexibility index (Phi) is 1.98. The number of nitrogens with two attached hydrogens (primary N) is 1. The number of hydrogen-bond acceptors (Lipinski definition) is 2. The molecule has 1 heterocycles. The molecule has 0 aromatic carbocycles. The molecule has 0 fully saturated rings. The van der Waals surface area contributed by atoms with Gasteiger partial charge in [0.1, 0.15) is 0 Å². The summed E-state index contributed by atoms with van der Waals surface area (Å²) in [6, 6.07) is 0.674. The second-order valence-electron chi connectivity index (χ2n) is 1.94. The van der Waals surface area contributed by atoms with Gasteiger partial charge < -0.3 is 5.73 Å². The lowest BCUT2D eigenvalue weighted by Gasteiger charge is -1.99. The van der Waals surface area contributed by atoms with Crippen molar-refractivity contribution in [2.75, 3.05) is 5.73 Å². The van der Waals surface area contributed by atoms with E-state index in [0.29, 0.717) is 6.07 Å². The van der Waals surface area contributed by atoms with Gasteiger partial charge in [0.15, 0.2) is 11.6 Å². The van der Waals surface area contributed by atoms with E-state index in [0.717, 1.165) is 6.20 Å². The summed E-state index contributed by atoms with van der Waals surface area (Å²) in [6.45, 7) is 0. The van der Waals surface area contributed by atoms with E-state index in [1.165, 1.54) is 0 Å². The molecule has 60 valence electrons. The zero-order chi connectivity index (χ0) is 8.43. The van der Waals surface area contributed by atoms with Crippen molar-refractivity contribution in [3.05, 3.63) is 23.6 Å². The van der Waals surface area contributed by atoms with Crippen molar-refractivity contribution >= 4 is 5.82 Å². The molecule has 0 aliphatic rings. The third-order valence-electron chi connectivity index (χ3n) is 1.14. The maximum Gasteiger partial charge on any atom is 0.265 e. The summed E-state index contributed by atoms with van der Waals surface area (Å²) >= 11 is 0. The van der Waals surface area contributed by atoms with Crippen molar-refractivity contribution in [1.82, 2.24) is 4.98 Å². The van der Waals surface area contributed by atoms with Crippen LogP contribution >= 0.6 is 0 Å². The maximum atomic E-state index is 12.4. The fourth-order valence-corrected chi connectivity index (χ4v) is 0.583. The minimum atomic E-state index is -2.71. The summed E-state index contributed by atoms with van der Waals surface area (Å²) in [6.07, 6.45) is -1.86. The third-order valence-corrected chi connectivity index (χ3v) is 1.14. The molecule has 0 aliphatic carbocycles. The normalized spacial score (nSPS) is 10.5. The summed E-state index contributed by atoms with van der Waals surface area (Å²) in [5, 5.41) is 0. The number of aromatic nitrogens is 1. The molecule has 1 aromatic heterocycles. The van der Waals surface area contributed by atoms with Gasteiger partial charge in [0.25, 0.3) is 6.43 Å². The lowest BCUT2D eigenvalue weighted by molar-refractivity contribution is 0.150. The summed E-state index contributed by atoms with van der Waals surface area (Å²) in [4.78, 5) is 3.22. The average Bonchev–Trinajstić information content (AvgIpc) is 1.94. The second kappa shape index (κ2) is 2.77. The Labute approximate surface area is 60.9 Å². The minimum absolute atomic E-state index is 0.366. The van der Waals surface area contributed by atoms with E-state index < -0.39 is 17.8 Å². The van der Waals surface area contributed by atoms with Crippen molar-refractivity contribution in [3.8, 4) is 0 Å². The highest BCUT2D eigenvalue weighted by atomic mass is 19.3. The van der Waals surface area contributed by atoms with E-state index in [2.05, 4.69) is 4.98 Å². The van der Waals surface area contributed by atoms with Crippen LogP contribution in [0.25, 0.3) is 0 Å². The Bertz CT molecular complexity index is 262. The van der Waals surface area contributed by atoms with Crippen molar-refractivity contribution in [3.63, 3.8) is 0 Å². The van der Waals surface area contributed by atoms with Crippen molar-refractivity contribution in [2.24, 2.45) is 0 Å². The van der Waals surface area contributed by atoms with Gasteiger partial charge in [-0.1, -0.05) is 0 Å². The molecule has 0 bridgehead atoms. The van der Waals surface area contributed by atoms with Gasteiger partial charge in [-0.05, 0) is 6.07 Å². The fraction of sp³-hybridized carbons (Fsp3) is 0.167. The quantitative estimate of drug-likeness (QED) is 0.683. The Balaban J connectivity index is 3.05. The molecular formula is C6H5F3N2. The van der Waals surface area contributed by atoms with Crippen LogP contribution in [0.2, 0.25) is 0 Å². The Morgan fingerprint density at radius 2 is 2.09 bits per heavy atom. The number of hydrogen-bond donors (Lipinski definition) is 1. The van der Waals surface area contributed by atoms with Crippen molar-refractivity contribution in [2.45, 2.75) is 6.43 Å². The lowest BCUT2D eigenvalue weighted by Crippen LogP contribution is -1.96. The fourth-order valence-electron chi connectivity index (χ4n) is 0.583. The first-order valence-electron chi connectivity index (χ1n) is 2.80. The molecule has 11 heavy (non-hydrogen) atoms. The van der Waals surface area contributed by atoms with Crippen LogP contribution in [0.15, 0.2) is 12.3 Å². The van der Waals surface area contributed by atoms with Crippen LogP contribution in [0.4, 0.5) is 19.0 Å². The molecule has 0 spiro atoms. The largest absolute Gasteiger partial charge is 0.381 e. The maximum absolute atomic E-state index is 12.4. The molecule has 1 rings (SSSR count). The van der Waals surface area contributed by atoms with Gasteiger partial charge in [-0.3, -0.25) is 0 Å². The van der Waals surface area contributed by atoms with Crippen LogP contribution in [0.3, 0.4) is 0 Å². The zero-order valence-corrected chi connectivity index (χ0v) is 5.39. The van der Waals surface area contributed by atoms with Crippen LogP contribution in [-0.4, -0.2) is 4.98 Å². The lowest BCUT2D eigenvalue weighted by atomic mass is 10.3. The van der Waals surface area contributed by atoms with E-state index in [9.17, 15) is 13.2 Å². The molecule has 2 nitrogen and oxygen atoms in total. The number of nitrogen functional groups attached to an aromatic ring is 1. The van der Waals surface area contributed by atoms with Gasteiger partial charge >= 0.3 is 0 Å². The molecule has 0 unspecified atom stereocenters. The molecule has 1 aromatic rings. The Morgan fingerprint density at radius 3 is 2.55 bits per heavy atom. The third kappa shape index (κ3) is 1.60. The van der Waals surface area contributed by atoms with E-state index in [-0.39, 0.29) is 5.82 Å². The highest BCUT2D eigenvalue weighted by molar-refractivity contribution is 5.32. The molecule has 0 saturated heterocycles. The number of halogens is 3. The monoisotopic (exact) mass is 162 g/mol. The average molecular weight is 162 g/mol. The van der Waals surface area contributed by atoms with Crippen molar-refractivity contribution in [1.29, 1.82) is 0 Å². The standard InChI is InChI=1S/C6H5F3N2/c7-4-1-3(5(8)9)2-11-6(4)10/h1-2,5H,(H2,10,11). The van der Waals surface area contributed by atoms with Crippen LogP contribution in [-0.2, 0) is 0 Å². The highest BCUT2D eigenvalue weighted by Crippen LogP contribution is 2.19. The van der Waals surface area contributed by atoms with Gasteiger partial charge in [-0.2, -0.15) is 0 Å². The molecule has 5 heteroatoms. The van der Waals surface area contributed by atoms with Crippen LogP contribution in [0, 0.1) is 5.82 Å². The topological polar surface area (TPSA) is 38.9 Å². The minimum Gasteiger partial charge on any atom is -0.381 e. The summed E-state index contributed by atoms with van der Waals surface area (Å²) in [7, 11) is 0. The van der Waals surface area contributed by atoms with E-state index in [1.54, 1.807) is 0 Å². The van der Waals surface area contributed by atoms with Gasteiger partial charge in [0, 0.05) is 11.8 Å². The Hall–Kier alpha value is -1.26. The first kappa shape index (κ1) is 7.84. The molecule has 0 radical (unpaired) electrons. The molecule has 0 amide bonds. The molecule has 0 aliphatic heterocycles. The zero-order valence-electron chi connectivity index (χ0n) is 5.39. The number of pyridine rings is 1. The number of rotatable bonds is 1. The van der Waals surface area contributed by atoms with Crippen LogP contribution in [0.1, 0.15) is 12.0 Å². The highest BCUT2D eigenvalue weighted by Gasteiger charge is 2.09. The number of alkyl halides is 2. The predicted octanol–water partition coefficient (Wildman–Crippen LogP) is 1.74. The predicted molar refractivity (Wildman–Crippen MR) is 33.6 cm³/mol. The van der Waals surface area contributed by atoms with Crippen LogP contribution < -0.4 is 5.73 Å². The Morgan fingerprint density at radius 1 is 1.45 bits per heavy atom. The van der Waals surface area contributed by atoms with Crippen LogP contribution in [0.5, 0.6) is 0 Å². The van der Waals surface area contributed by atoms with Gasteiger partial charge in [0.05, 0.1) is 0 Å². The molecule has 0 saturated carbocycles. The molecule has 0 atom stereocenters. The van der Waals surface area contributed by atoms with Crippen molar-refractivity contribution < 1.29 is 13.2 Å². The smallest absolute Gasteiger partial charge is 0.265 e. The SMILES string of the molecule is Nc1ncc(C(F)F)cc1F. The van der Waals surface area contributed by atoms with E-state index >= 15 is 0 Å². The second-order valence-corrected chi connectivity index (χ2v) is 1.94. The first-order valence-corrected chi connectivity index (χ1v) is 2.80. The number of nitrogens with zero attached hydrogens (tertiary/aromatic N) is 1. The summed E-state index contributed by atoms with van der Waals surface area (Å²) < 4.78 is 36.1. The van der Waals surface area contributed by atoms with E-state index in [4.69, 9.17) is 5.73 Å². The van der Waals surface area contributed by atoms with Gasteiger partial charge in [-0.25, -0.2) is 18.2 Å².